The number of nitrogens with one attached hydrogen (secondary N) is 2. The average Bonchev–Trinajstić information content (AvgIpc) is 3.07. The highest BCUT2D eigenvalue weighted by molar-refractivity contribution is 14.0. The van der Waals surface area contributed by atoms with Crippen LogP contribution in [0.4, 0.5) is 0 Å². The van der Waals surface area contributed by atoms with Gasteiger partial charge in [0.25, 0.3) is 0 Å². The van der Waals surface area contributed by atoms with Crippen molar-refractivity contribution in [1.29, 1.82) is 0 Å². The lowest BCUT2D eigenvalue weighted by Crippen LogP contribution is -2.68. The van der Waals surface area contributed by atoms with Crippen LogP contribution in [0.2, 0.25) is 0 Å². The molecular weight excluding hydrogens is 393 g/mol. The van der Waals surface area contributed by atoms with Gasteiger partial charge in [-0.25, -0.2) is 0 Å². The fraction of sp³-hybridized carbons (Fsp3) is 0.938. The van der Waals surface area contributed by atoms with Gasteiger partial charge in [-0.1, -0.05) is 13.8 Å². The van der Waals surface area contributed by atoms with E-state index in [1.165, 1.54) is 0 Å². The third-order valence-electron chi connectivity index (χ3n) is 5.55. The molecule has 0 aromatic heterocycles. The molecule has 2 saturated heterocycles. The van der Waals surface area contributed by atoms with Crippen molar-refractivity contribution in [2.24, 2.45) is 16.3 Å². The lowest BCUT2D eigenvalue weighted by atomic mass is 9.57. The van der Waals surface area contributed by atoms with Crippen molar-refractivity contribution >= 4 is 29.9 Å². The van der Waals surface area contributed by atoms with Crippen LogP contribution < -0.4 is 10.6 Å². The van der Waals surface area contributed by atoms with E-state index in [1.54, 1.807) is 0 Å². The molecule has 4 atom stereocenters. The normalized spacial score (nSPS) is 39.6. The number of nitrogens with zero attached hydrogens (tertiary/aromatic N) is 1. The first kappa shape index (κ1) is 18.3. The molecule has 22 heavy (non-hydrogen) atoms. The number of hydrogen-bond acceptors (Lipinski definition) is 3. The van der Waals surface area contributed by atoms with Gasteiger partial charge in [0, 0.05) is 44.2 Å². The lowest BCUT2D eigenvalue weighted by Gasteiger charge is -2.55. The molecule has 1 aliphatic carbocycles. The summed E-state index contributed by atoms with van der Waals surface area (Å²) in [5, 5.41) is 7.05. The smallest absolute Gasteiger partial charge is 0.191 e. The van der Waals surface area contributed by atoms with Crippen molar-refractivity contribution in [2.75, 3.05) is 26.8 Å². The van der Waals surface area contributed by atoms with Crippen LogP contribution >= 0.6 is 24.0 Å². The number of guanidine groups is 1. The second-order valence-electron chi connectivity index (χ2n) is 7.51. The van der Waals surface area contributed by atoms with Crippen LogP contribution in [0, 0.1) is 11.3 Å². The Morgan fingerprint density at radius 3 is 2.68 bits per heavy atom. The number of ether oxygens (including phenoxy) is 2. The van der Waals surface area contributed by atoms with Gasteiger partial charge in [-0.15, -0.1) is 24.0 Å². The zero-order chi connectivity index (χ0) is 15.1. The summed E-state index contributed by atoms with van der Waals surface area (Å²) in [5.74, 6) is 1.51. The highest BCUT2D eigenvalue weighted by atomic mass is 127. The zero-order valence-corrected chi connectivity index (χ0v) is 16.5. The largest absolute Gasteiger partial charge is 0.377 e. The second-order valence-corrected chi connectivity index (χ2v) is 7.51. The molecular formula is C16H30IN3O2. The molecule has 0 spiro atoms. The summed E-state index contributed by atoms with van der Waals surface area (Å²) in [7, 11) is 1.83. The SMILES string of the molecule is CN=C(NCC1(C)CCCO1)NC1C2CCOC2C1(C)C.I. The van der Waals surface area contributed by atoms with Crippen molar-refractivity contribution in [3.63, 3.8) is 0 Å². The van der Waals surface area contributed by atoms with Crippen LogP contribution in [-0.4, -0.2) is 50.5 Å². The Hall–Kier alpha value is -0.0800. The van der Waals surface area contributed by atoms with E-state index >= 15 is 0 Å². The summed E-state index contributed by atoms with van der Waals surface area (Å²) in [5.41, 5.74) is 0.123. The standard InChI is InChI=1S/C16H29N3O2.HI/c1-15(2)12(11-6-9-20-13(11)15)19-14(17-4)18-10-16(3)7-5-8-21-16;/h11-13H,5-10H2,1-4H3,(H2,17,18,19);1H. The van der Waals surface area contributed by atoms with Crippen molar-refractivity contribution in [1.82, 2.24) is 10.6 Å². The lowest BCUT2D eigenvalue weighted by molar-refractivity contribution is -0.106. The number of halogens is 1. The number of hydrogen-bond donors (Lipinski definition) is 2. The predicted octanol–water partition coefficient (Wildman–Crippen LogP) is 2.15. The first-order valence-corrected chi connectivity index (χ1v) is 8.19. The molecule has 0 amide bonds. The Labute approximate surface area is 151 Å². The van der Waals surface area contributed by atoms with E-state index in [0.717, 1.165) is 45.0 Å². The molecule has 0 bridgehead atoms. The topological polar surface area (TPSA) is 54.9 Å². The molecule has 0 radical (unpaired) electrons. The monoisotopic (exact) mass is 423 g/mol. The fourth-order valence-electron chi connectivity index (χ4n) is 4.21. The Balaban J connectivity index is 0.00000176. The summed E-state index contributed by atoms with van der Waals surface area (Å²) >= 11 is 0. The third kappa shape index (κ3) is 3.24. The van der Waals surface area contributed by atoms with Crippen molar-refractivity contribution < 1.29 is 9.47 Å². The number of rotatable bonds is 3. The Morgan fingerprint density at radius 2 is 2.05 bits per heavy atom. The Morgan fingerprint density at radius 1 is 1.27 bits per heavy atom. The number of aliphatic imine (C=N–C) groups is 1. The van der Waals surface area contributed by atoms with Gasteiger partial charge in [-0.2, -0.15) is 0 Å². The van der Waals surface area contributed by atoms with Gasteiger partial charge in [-0.3, -0.25) is 4.99 Å². The summed E-state index contributed by atoms with van der Waals surface area (Å²) in [6.07, 6.45) is 3.83. The van der Waals surface area contributed by atoms with Gasteiger partial charge in [-0.05, 0) is 26.2 Å². The van der Waals surface area contributed by atoms with Gasteiger partial charge in [0.2, 0.25) is 0 Å². The molecule has 0 aromatic carbocycles. The van der Waals surface area contributed by atoms with E-state index in [1.807, 2.05) is 7.05 Å². The van der Waals surface area contributed by atoms with Crippen LogP contribution in [0.3, 0.4) is 0 Å². The molecule has 2 N–H and O–H groups in total. The van der Waals surface area contributed by atoms with Crippen LogP contribution in [0.1, 0.15) is 40.0 Å². The van der Waals surface area contributed by atoms with Crippen LogP contribution in [-0.2, 0) is 9.47 Å². The molecule has 6 heteroatoms. The molecule has 2 aliphatic heterocycles. The van der Waals surface area contributed by atoms with Gasteiger partial charge >= 0.3 is 0 Å². The molecule has 4 unspecified atom stereocenters. The quantitative estimate of drug-likeness (QED) is 0.415. The minimum absolute atomic E-state index is 0. The molecule has 128 valence electrons. The Kier molecular flexibility index (Phi) is 5.65. The average molecular weight is 423 g/mol. The van der Waals surface area contributed by atoms with Crippen LogP contribution in [0.15, 0.2) is 4.99 Å². The molecule has 2 heterocycles. The van der Waals surface area contributed by atoms with E-state index in [-0.39, 0.29) is 35.0 Å². The predicted molar refractivity (Wildman–Crippen MR) is 98.9 cm³/mol. The maximum atomic E-state index is 5.85. The molecule has 5 nitrogen and oxygen atoms in total. The van der Waals surface area contributed by atoms with Gasteiger partial charge < -0.3 is 20.1 Å². The second kappa shape index (κ2) is 6.81. The number of fused-ring (bicyclic) bond motifs is 1. The summed E-state index contributed by atoms with van der Waals surface area (Å²) in [6.45, 7) is 9.33. The molecule has 3 fully saturated rings. The van der Waals surface area contributed by atoms with Gasteiger partial charge in [0.1, 0.15) is 0 Å². The molecule has 3 rings (SSSR count). The minimum atomic E-state index is -0.0498. The van der Waals surface area contributed by atoms with E-state index in [9.17, 15) is 0 Å². The maximum Gasteiger partial charge on any atom is 0.191 e. The summed E-state index contributed by atoms with van der Waals surface area (Å²) in [4.78, 5) is 4.38. The first-order valence-electron chi connectivity index (χ1n) is 8.19. The first-order chi connectivity index (χ1) is 9.96. The van der Waals surface area contributed by atoms with E-state index in [2.05, 4.69) is 36.4 Å². The van der Waals surface area contributed by atoms with E-state index in [0.29, 0.717) is 18.1 Å². The highest BCUT2D eigenvalue weighted by Crippen LogP contribution is 2.52. The van der Waals surface area contributed by atoms with E-state index in [4.69, 9.17) is 9.47 Å². The van der Waals surface area contributed by atoms with Gasteiger partial charge in [0.15, 0.2) is 5.96 Å². The van der Waals surface area contributed by atoms with E-state index < -0.39 is 0 Å². The third-order valence-corrected chi connectivity index (χ3v) is 5.55. The highest BCUT2D eigenvalue weighted by Gasteiger charge is 2.59. The van der Waals surface area contributed by atoms with Crippen molar-refractivity contribution in [2.45, 2.75) is 57.8 Å². The van der Waals surface area contributed by atoms with Gasteiger partial charge in [0.05, 0.1) is 11.7 Å². The van der Waals surface area contributed by atoms with Crippen molar-refractivity contribution in [3.8, 4) is 0 Å². The van der Waals surface area contributed by atoms with Crippen LogP contribution in [0.5, 0.6) is 0 Å². The molecule has 0 aromatic rings. The maximum absolute atomic E-state index is 5.85. The molecule has 1 saturated carbocycles. The Bertz CT molecular complexity index is 422. The van der Waals surface area contributed by atoms with Crippen LogP contribution in [0.25, 0.3) is 0 Å². The zero-order valence-electron chi connectivity index (χ0n) is 14.1. The summed E-state index contributed by atoms with van der Waals surface area (Å²) in [6, 6.07) is 0.438. The van der Waals surface area contributed by atoms with Crippen molar-refractivity contribution in [3.05, 3.63) is 0 Å². The summed E-state index contributed by atoms with van der Waals surface area (Å²) < 4.78 is 11.7. The fourth-order valence-corrected chi connectivity index (χ4v) is 4.21. The minimum Gasteiger partial charge on any atom is -0.377 e. The molecule has 3 aliphatic rings.